The van der Waals surface area contributed by atoms with Crippen molar-refractivity contribution in [1.29, 1.82) is 0 Å². The van der Waals surface area contributed by atoms with Gasteiger partial charge in [0.1, 0.15) is 0 Å². The molecule has 0 aliphatic carbocycles. The summed E-state index contributed by atoms with van der Waals surface area (Å²) in [5.74, 6) is 1.83. The predicted octanol–water partition coefficient (Wildman–Crippen LogP) is 3.13. The van der Waals surface area contributed by atoms with Gasteiger partial charge >= 0.3 is 0 Å². The molecule has 0 N–H and O–H groups in total. The Morgan fingerprint density at radius 2 is 2.24 bits per heavy atom. The van der Waals surface area contributed by atoms with Crippen LogP contribution in [0.4, 0.5) is 0 Å². The van der Waals surface area contributed by atoms with Crippen LogP contribution >= 0.6 is 11.3 Å². The van der Waals surface area contributed by atoms with Gasteiger partial charge in [-0.1, -0.05) is 19.0 Å². The Hall–Kier alpha value is -1.53. The van der Waals surface area contributed by atoms with Crippen LogP contribution in [-0.4, -0.2) is 34.4 Å². The smallest absolute Gasteiger partial charge is 0.229 e. The number of Topliss-reactive ketones (excluding diaryl/α,β-unsaturated/α-hetero) is 1. The van der Waals surface area contributed by atoms with Crippen molar-refractivity contribution >= 4 is 17.1 Å². The third kappa shape index (κ3) is 4.47. The lowest BCUT2D eigenvalue weighted by Gasteiger charge is -2.14. The molecule has 0 fully saturated rings. The number of likely N-dealkylation sites (N-methyl/N-ethyl adjacent to an activating group) is 1. The quantitative estimate of drug-likeness (QED) is 0.736. The molecule has 0 aromatic carbocycles. The fourth-order valence-corrected chi connectivity index (χ4v) is 2.73. The molecule has 2 rings (SSSR count). The number of ketones is 1. The van der Waals surface area contributed by atoms with Gasteiger partial charge in [-0.3, -0.25) is 4.79 Å². The van der Waals surface area contributed by atoms with Gasteiger partial charge in [-0.25, -0.2) is 0 Å². The molecule has 0 atom stereocenters. The highest BCUT2D eigenvalue weighted by molar-refractivity contribution is 7.12. The third-order valence-electron chi connectivity index (χ3n) is 3.15. The molecule has 0 unspecified atom stereocenters. The van der Waals surface area contributed by atoms with Crippen molar-refractivity contribution in [2.24, 2.45) is 0 Å². The molecule has 0 bridgehead atoms. The number of hydrogen-bond acceptors (Lipinski definition) is 6. The maximum atomic E-state index is 11.3. The summed E-state index contributed by atoms with van der Waals surface area (Å²) in [5.41, 5.74) is 1.17. The zero-order valence-corrected chi connectivity index (χ0v) is 13.7. The van der Waals surface area contributed by atoms with Crippen molar-refractivity contribution in [2.75, 3.05) is 13.6 Å². The second kappa shape index (κ2) is 6.95. The molecule has 0 aliphatic heterocycles. The zero-order chi connectivity index (χ0) is 15.4. The summed E-state index contributed by atoms with van der Waals surface area (Å²) in [5, 5.41) is 6.03. The van der Waals surface area contributed by atoms with Crippen molar-refractivity contribution in [3.05, 3.63) is 33.6 Å². The number of aromatic nitrogens is 2. The van der Waals surface area contributed by atoms with E-state index in [1.54, 1.807) is 6.92 Å². The largest absolute Gasteiger partial charge is 0.339 e. The third-order valence-corrected chi connectivity index (χ3v) is 4.23. The zero-order valence-electron chi connectivity index (χ0n) is 12.9. The topological polar surface area (TPSA) is 59.2 Å². The SMILES string of the molecule is CC(=O)c1cc(CN(C)CCc2noc(C(C)C)n2)cs1. The normalized spacial score (nSPS) is 11.5. The van der Waals surface area contributed by atoms with E-state index in [0.717, 1.165) is 30.2 Å². The van der Waals surface area contributed by atoms with Crippen molar-refractivity contribution in [1.82, 2.24) is 15.0 Å². The Kier molecular flexibility index (Phi) is 5.25. The minimum Gasteiger partial charge on any atom is -0.339 e. The number of nitrogens with zero attached hydrogens (tertiary/aromatic N) is 3. The maximum absolute atomic E-state index is 11.3. The van der Waals surface area contributed by atoms with Gasteiger partial charge < -0.3 is 9.42 Å². The second-order valence-electron chi connectivity index (χ2n) is 5.57. The summed E-state index contributed by atoms with van der Waals surface area (Å²) in [6.07, 6.45) is 0.760. The summed E-state index contributed by atoms with van der Waals surface area (Å²) < 4.78 is 5.19. The fourth-order valence-electron chi connectivity index (χ4n) is 1.93. The minimum atomic E-state index is 0.127. The molecule has 0 saturated carbocycles. The van der Waals surface area contributed by atoms with Gasteiger partial charge in [-0.2, -0.15) is 4.98 Å². The number of carbonyl (C=O) groups excluding carboxylic acids is 1. The van der Waals surface area contributed by atoms with Gasteiger partial charge in [0.05, 0.1) is 4.88 Å². The highest BCUT2D eigenvalue weighted by atomic mass is 32.1. The molecular weight excluding hydrogens is 286 g/mol. The fraction of sp³-hybridized carbons (Fsp3) is 0.533. The Balaban J connectivity index is 1.83. The van der Waals surface area contributed by atoms with Gasteiger partial charge in [-0.05, 0) is 31.0 Å². The van der Waals surface area contributed by atoms with E-state index in [0.29, 0.717) is 5.89 Å². The monoisotopic (exact) mass is 307 g/mol. The van der Waals surface area contributed by atoms with E-state index >= 15 is 0 Å². The molecule has 0 saturated heterocycles. The van der Waals surface area contributed by atoms with E-state index in [2.05, 4.69) is 22.1 Å². The number of hydrogen-bond donors (Lipinski definition) is 0. The van der Waals surface area contributed by atoms with Crippen molar-refractivity contribution in [3.63, 3.8) is 0 Å². The lowest BCUT2D eigenvalue weighted by atomic mass is 10.2. The molecule has 5 nitrogen and oxygen atoms in total. The van der Waals surface area contributed by atoms with E-state index in [1.165, 1.54) is 16.9 Å². The van der Waals surface area contributed by atoms with E-state index in [9.17, 15) is 4.79 Å². The first-order valence-corrected chi connectivity index (χ1v) is 7.93. The van der Waals surface area contributed by atoms with Crippen LogP contribution in [0.15, 0.2) is 16.0 Å². The van der Waals surface area contributed by atoms with Gasteiger partial charge in [0.2, 0.25) is 5.89 Å². The van der Waals surface area contributed by atoms with Crippen molar-refractivity contribution in [3.8, 4) is 0 Å². The average Bonchev–Trinajstić information content (AvgIpc) is 3.05. The molecule has 6 heteroatoms. The molecule has 2 aromatic heterocycles. The van der Waals surface area contributed by atoms with Crippen LogP contribution in [-0.2, 0) is 13.0 Å². The molecule has 21 heavy (non-hydrogen) atoms. The molecule has 0 amide bonds. The van der Waals surface area contributed by atoms with Gasteiger partial charge in [0.15, 0.2) is 11.6 Å². The summed E-state index contributed by atoms with van der Waals surface area (Å²) >= 11 is 1.50. The highest BCUT2D eigenvalue weighted by Crippen LogP contribution is 2.17. The van der Waals surface area contributed by atoms with Crippen LogP contribution in [0.25, 0.3) is 0 Å². The van der Waals surface area contributed by atoms with Crippen LogP contribution in [0.3, 0.4) is 0 Å². The van der Waals surface area contributed by atoms with E-state index in [1.807, 2.05) is 25.3 Å². The first kappa shape index (κ1) is 15.9. The number of carbonyl (C=O) groups is 1. The summed E-state index contributed by atoms with van der Waals surface area (Å²) in [4.78, 5) is 18.7. The molecular formula is C15H21N3O2S. The Labute approximate surface area is 129 Å². The van der Waals surface area contributed by atoms with Gasteiger partial charge in [0.25, 0.3) is 0 Å². The first-order valence-electron chi connectivity index (χ1n) is 7.05. The molecule has 0 aliphatic rings. The first-order chi connectivity index (χ1) is 9.95. The van der Waals surface area contributed by atoms with Gasteiger partial charge in [0, 0.05) is 25.4 Å². The molecule has 0 spiro atoms. The van der Waals surface area contributed by atoms with Crippen LogP contribution in [0.1, 0.15) is 53.6 Å². The Bertz CT molecular complexity index is 604. The van der Waals surface area contributed by atoms with Crippen LogP contribution < -0.4 is 0 Å². The van der Waals surface area contributed by atoms with Crippen molar-refractivity contribution < 1.29 is 9.32 Å². The second-order valence-corrected chi connectivity index (χ2v) is 6.48. The predicted molar refractivity (Wildman–Crippen MR) is 82.7 cm³/mol. The summed E-state index contributed by atoms with van der Waals surface area (Å²) in [6, 6.07) is 1.97. The van der Waals surface area contributed by atoms with E-state index in [-0.39, 0.29) is 11.7 Å². The van der Waals surface area contributed by atoms with Crippen molar-refractivity contribution in [2.45, 2.75) is 39.7 Å². The number of thiophene rings is 1. The minimum absolute atomic E-state index is 0.127. The molecule has 2 heterocycles. The summed E-state index contributed by atoms with van der Waals surface area (Å²) in [6.45, 7) is 7.34. The molecule has 2 aromatic rings. The Morgan fingerprint density at radius 1 is 1.48 bits per heavy atom. The lowest BCUT2D eigenvalue weighted by Crippen LogP contribution is -2.20. The average molecular weight is 307 g/mol. The maximum Gasteiger partial charge on any atom is 0.229 e. The van der Waals surface area contributed by atoms with Crippen LogP contribution in [0, 0.1) is 0 Å². The van der Waals surface area contributed by atoms with E-state index < -0.39 is 0 Å². The van der Waals surface area contributed by atoms with Crippen LogP contribution in [0.2, 0.25) is 0 Å². The standard InChI is InChI=1S/C15H21N3O2S/c1-10(2)15-16-14(17-20-15)5-6-18(4)8-12-7-13(11(3)19)21-9-12/h7,9-10H,5-6,8H2,1-4H3. The van der Waals surface area contributed by atoms with Crippen LogP contribution in [0.5, 0.6) is 0 Å². The Morgan fingerprint density at radius 3 is 2.81 bits per heavy atom. The number of rotatable bonds is 7. The van der Waals surface area contributed by atoms with E-state index in [4.69, 9.17) is 4.52 Å². The highest BCUT2D eigenvalue weighted by Gasteiger charge is 2.11. The lowest BCUT2D eigenvalue weighted by molar-refractivity contribution is 0.102. The molecule has 0 radical (unpaired) electrons. The molecule has 114 valence electrons. The van der Waals surface area contributed by atoms with Gasteiger partial charge in [-0.15, -0.1) is 11.3 Å². The summed E-state index contributed by atoms with van der Waals surface area (Å²) in [7, 11) is 2.05.